The Kier molecular flexibility index (Phi) is 5.25. The number of ether oxygens (including phenoxy) is 1. The van der Waals surface area contributed by atoms with Crippen molar-refractivity contribution in [1.82, 2.24) is 0 Å². The lowest BCUT2D eigenvalue weighted by molar-refractivity contribution is -0.152. The van der Waals surface area contributed by atoms with Crippen molar-refractivity contribution in [2.75, 3.05) is 6.61 Å². The highest BCUT2D eigenvalue weighted by molar-refractivity contribution is 4.84. The van der Waals surface area contributed by atoms with Crippen LogP contribution in [0.15, 0.2) is 0 Å². The van der Waals surface area contributed by atoms with Gasteiger partial charge in [0.15, 0.2) is 0 Å². The maximum atomic E-state index is 12.0. The number of alkyl halides is 3. The van der Waals surface area contributed by atoms with Gasteiger partial charge in [0.2, 0.25) is 0 Å². The zero-order valence-corrected chi connectivity index (χ0v) is 10.5. The van der Waals surface area contributed by atoms with Crippen LogP contribution in [0, 0.1) is 11.8 Å². The van der Waals surface area contributed by atoms with Crippen molar-refractivity contribution < 1.29 is 17.9 Å². The van der Waals surface area contributed by atoms with Crippen molar-refractivity contribution in [3.8, 4) is 0 Å². The third-order valence-corrected chi connectivity index (χ3v) is 3.54. The highest BCUT2D eigenvalue weighted by Crippen LogP contribution is 2.31. The predicted octanol–water partition coefficient (Wildman–Crippen LogP) is 3.11. The Labute approximate surface area is 101 Å². The van der Waals surface area contributed by atoms with Crippen LogP contribution >= 0.6 is 0 Å². The van der Waals surface area contributed by atoms with Gasteiger partial charge >= 0.3 is 6.18 Å². The molecule has 0 bridgehead atoms. The number of hydrogen-bond donors (Lipinski definition) is 1. The first-order valence-corrected chi connectivity index (χ1v) is 6.23. The molecule has 0 aromatic rings. The molecular formula is C12H22F3NO. The summed E-state index contributed by atoms with van der Waals surface area (Å²) in [5, 5.41) is 0. The van der Waals surface area contributed by atoms with Gasteiger partial charge in [0, 0.05) is 6.04 Å². The Morgan fingerprint density at radius 2 is 1.94 bits per heavy atom. The molecule has 5 heteroatoms. The summed E-state index contributed by atoms with van der Waals surface area (Å²) in [4.78, 5) is 0. The molecule has 1 rings (SSSR count). The summed E-state index contributed by atoms with van der Waals surface area (Å²) < 4.78 is 41.3. The van der Waals surface area contributed by atoms with Crippen LogP contribution in [0.3, 0.4) is 0 Å². The maximum absolute atomic E-state index is 12.0. The Bertz CT molecular complexity index is 230. The van der Waals surface area contributed by atoms with Crippen molar-refractivity contribution in [2.24, 2.45) is 17.6 Å². The Morgan fingerprint density at radius 1 is 1.29 bits per heavy atom. The number of hydrogen-bond acceptors (Lipinski definition) is 2. The number of rotatable bonds is 4. The first-order valence-electron chi connectivity index (χ1n) is 6.23. The van der Waals surface area contributed by atoms with Crippen LogP contribution in [-0.2, 0) is 4.74 Å². The van der Waals surface area contributed by atoms with Crippen LogP contribution in [0.5, 0.6) is 0 Å². The first kappa shape index (κ1) is 14.8. The molecule has 1 aliphatic carbocycles. The van der Waals surface area contributed by atoms with Gasteiger partial charge < -0.3 is 10.5 Å². The molecule has 0 saturated heterocycles. The van der Waals surface area contributed by atoms with E-state index in [0.717, 1.165) is 19.3 Å². The van der Waals surface area contributed by atoms with E-state index in [1.807, 2.05) is 0 Å². The van der Waals surface area contributed by atoms with Gasteiger partial charge in [0.25, 0.3) is 0 Å². The molecule has 3 atom stereocenters. The summed E-state index contributed by atoms with van der Waals surface area (Å²) in [5.74, 6) is 1.06. The van der Waals surface area contributed by atoms with Crippen molar-refractivity contribution in [2.45, 2.75) is 57.9 Å². The lowest BCUT2D eigenvalue weighted by Gasteiger charge is -2.35. The van der Waals surface area contributed by atoms with E-state index in [4.69, 9.17) is 10.5 Å². The molecule has 0 spiro atoms. The zero-order valence-electron chi connectivity index (χ0n) is 10.5. The van der Waals surface area contributed by atoms with Gasteiger partial charge in [0.05, 0.1) is 19.1 Å². The van der Waals surface area contributed by atoms with Crippen LogP contribution in [0.2, 0.25) is 0 Å². The van der Waals surface area contributed by atoms with E-state index in [-0.39, 0.29) is 18.8 Å². The highest BCUT2D eigenvalue weighted by Gasteiger charge is 2.32. The standard InChI is InChI=1S/C12H22F3NO/c1-8(2)9-3-4-10(16)11(7-9)17-6-5-12(13,14)15/h8-11H,3-7,16H2,1-2H3. The third kappa shape index (κ3) is 5.25. The fourth-order valence-electron chi connectivity index (χ4n) is 2.31. The van der Waals surface area contributed by atoms with Crippen molar-refractivity contribution in [3.63, 3.8) is 0 Å². The molecule has 0 amide bonds. The molecule has 0 radical (unpaired) electrons. The monoisotopic (exact) mass is 253 g/mol. The van der Waals surface area contributed by atoms with Crippen LogP contribution < -0.4 is 5.73 Å². The van der Waals surface area contributed by atoms with E-state index in [1.54, 1.807) is 0 Å². The largest absolute Gasteiger partial charge is 0.391 e. The molecule has 17 heavy (non-hydrogen) atoms. The Morgan fingerprint density at radius 3 is 2.47 bits per heavy atom. The van der Waals surface area contributed by atoms with Gasteiger partial charge in [-0.2, -0.15) is 13.2 Å². The molecule has 0 aliphatic heterocycles. The van der Waals surface area contributed by atoms with Gasteiger partial charge in [-0.15, -0.1) is 0 Å². The Balaban J connectivity index is 2.35. The fourth-order valence-corrected chi connectivity index (χ4v) is 2.31. The van der Waals surface area contributed by atoms with Crippen molar-refractivity contribution in [1.29, 1.82) is 0 Å². The first-order chi connectivity index (χ1) is 7.79. The minimum atomic E-state index is -4.14. The molecule has 0 heterocycles. The van der Waals surface area contributed by atoms with E-state index in [0.29, 0.717) is 11.8 Å². The zero-order chi connectivity index (χ0) is 13.1. The Hall–Kier alpha value is -0.290. The second-order valence-corrected chi connectivity index (χ2v) is 5.26. The maximum Gasteiger partial charge on any atom is 0.391 e. The van der Waals surface area contributed by atoms with Gasteiger partial charge in [-0.25, -0.2) is 0 Å². The third-order valence-electron chi connectivity index (χ3n) is 3.54. The van der Waals surface area contributed by atoms with Gasteiger partial charge in [-0.3, -0.25) is 0 Å². The molecule has 1 aliphatic rings. The summed E-state index contributed by atoms with van der Waals surface area (Å²) in [7, 11) is 0. The van der Waals surface area contributed by atoms with Crippen LogP contribution in [0.25, 0.3) is 0 Å². The molecule has 2 nitrogen and oxygen atoms in total. The molecule has 1 saturated carbocycles. The van der Waals surface area contributed by atoms with E-state index < -0.39 is 12.6 Å². The van der Waals surface area contributed by atoms with Crippen molar-refractivity contribution >= 4 is 0 Å². The molecular weight excluding hydrogens is 231 g/mol. The minimum Gasteiger partial charge on any atom is -0.376 e. The van der Waals surface area contributed by atoms with Crippen LogP contribution in [0.4, 0.5) is 13.2 Å². The average Bonchev–Trinajstić information content (AvgIpc) is 2.18. The highest BCUT2D eigenvalue weighted by atomic mass is 19.4. The van der Waals surface area contributed by atoms with E-state index in [9.17, 15) is 13.2 Å². The molecule has 3 unspecified atom stereocenters. The molecule has 0 aromatic carbocycles. The predicted molar refractivity (Wildman–Crippen MR) is 60.6 cm³/mol. The van der Waals surface area contributed by atoms with E-state index in [1.165, 1.54) is 0 Å². The molecule has 0 aromatic heterocycles. The molecule has 2 N–H and O–H groups in total. The average molecular weight is 253 g/mol. The summed E-state index contributed by atoms with van der Waals surface area (Å²) in [6.45, 7) is 4.00. The van der Waals surface area contributed by atoms with Gasteiger partial charge in [0.1, 0.15) is 0 Å². The SMILES string of the molecule is CC(C)C1CCC(N)C(OCCC(F)(F)F)C1. The fraction of sp³-hybridized carbons (Fsp3) is 1.00. The minimum absolute atomic E-state index is 0.113. The second kappa shape index (κ2) is 6.05. The van der Waals surface area contributed by atoms with Gasteiger partial charge in [-0.1, -0.05) is 13.8 Å². The topological polar surface area (TPSA) is 35.2 Å². The summed E-state index contributed by atoms with van der Waals surface area (Å²) in [6, 6.07) is -0.113. The summed E-state index contributed by atoms with van der Waals surface area (Å²) >= 11 is 0. The van der Waals surface area contributed by atoms with E-state index >= 15 is 0 Å². The smallest absolute Gasteiger partial charge is 0.376 e. The molecule has 1 fully saturated rings. The summed E-state index contributed by atoms with van der Waals surface area (Å²) in [6.07, 6.45) is -2.55. The van der Waals surface area contributed by atoms with Crippen LogP contribution in [-0.4, -0.2) is 24.9 Å². The lowest BCUT2D eigenvalue weighted by atomic mass is 9.78. The number of halogens is 3. The molecule has 102 valence electrons. The second-order valence-electron chi connectivity index (χ2n) is 5.26. The van der Waals surface area contributed by atoms with Gasteiger partial charge in [-0.05, 0) is 31.1 Å². The normalized spacial score (nSPS) is 30.9. The van der Waals surface area contributed by atoms with Crippen LogP contribution in [0.1, 0.15) is 39.5 Å². The van der Waals surface area contributed by atoms with Crippen molar-refractivity contribution in [3.05, 3.63) is 0 Å². The number of nitrogens with two attached hydrogens (primary N) is 1. The lowest BCUT2D eigenvalue weighted by Crippen LogP contribution is -2.43. The quantitative estimate of drug-likeness (QED) is 0.835. The van der Waals surface area contributed by atoms with E-state index in [2.05, 4.69) is 13.8 Å². The summed E-state index contributed by atoms with van der Waals surface area (Å²) in [5.41, 5.74) is 5.88.